The van der Waals surface area contributed by atoms with Crippen LogP contribution in [-0.4, -0.2) is 50.4 Å². The quantitative estimate of drug-likeness (QED) is 0.530. The van der Waals surface area contributed by atoms with Gasteiger partial charge in [0, 0.05) is 30.2 Å². The Bertz CT molecular complexity index is 1290. The molecule has 29 heavy (non-hydrogen) atoms. The van der Waals surface area contributed by atoms with E-state index in [2.05, 4.69) is 20.2 Å². The lowest BCUT2D eigenvalue weighted by atomic mass is 10.2. The van der Waals surface area contributed by atoms with Crippen molar-refractivity contribution >= 4 is 33.0 Å². The molecule has 1 saturated heterocycles. The summed E-state index contributed by atoms with van der Waals surface area (Å²) in [6, 6.07) is 6.85. The molecule has 0 atom stereocenters. The second-order valence-corrected chi connectivity index (χ2v) is 9.53. The SMILES string of the molecule is Nc1c(-c2nc(-c3ccc(S(=O)(=O)N4CCCC4)cc3)cs2)cnc2nncn12. The van der Waals surface area contributed by atoms with Gasteiger partial charge < -0.3 is 5.73 Å². The summed E-state index contributed by atoms with van der Waals surface area (Å²) < 4.78 is 28.5. The fourth-order valence-corrected chi connectivity index (χ4v) is 5.74. The van der Waals surface area contributed by atoms with E-state index in [9.17, 15) is 8.42 Å². The van der Waals surface area contributed by atoms with Crippen molar-refractivity contribution < 1.29 is 8.42 Å². The zero-order valence-electron chi connectivity index (χ0n) is 15.3. The van der Waals surface area contributed by atoms with E-state index < -0.39 is 10.0 Å². The Kier molecular flexibility index (Phi) is 4.30. The number of fused-ring (bicyclic) bond motifs is 1. The Morgan fingerprint density at radius 2 is 1.86 bits per heavy atom. The second kappa shape index (κ2) is 6.87. The van der Waals surface area contributed by atoms with Gasteiger partial charge in [-0.2, -0.15) is 4.31 Å². The number of hydrogen-bond acceptors (Lipinski definition) is 8. The third-order valence-electron chi connectivity index (χ3n) is 4.96. The molecule has 0 amide bonds. The molecule has 0 spiro atoms. The fraction of sp³-hybridized carbons (Fsp3) is 0.222. The van der Waals surface area contributed by atoms with Crippen LogP contribution in [-0.2, 0) is 10.0 Å². The maximum Gasteiger partial charge on any atom is 0.256 e. The number of thiazole rings is 1. The van der Waals surface area contributed by atoms with Crippen molar-refractivity contribution in [3.05, 3.63) is 42.2 Å². The fourth-order valence-electron chi connectivity index (χ4n) is 3.38. The van der Waals surface area contributed by atoms with Gasteiger partial charge in [0.05, 0.1) is 16.2 Å². The van der Waals surface area contributed by atoms with Crippen LogP contribution in [0, 0.1) is 0 Å². The van der Waals surface area contributed by atoms with Crippen LogP contribution in [0.4, 0.5) is 5.82 Å². The lowest BCUT2D eigenvalue weighted by Gasteiger charge is -2.15. The number of nitrogen functional groups attached to an aromatic ring is 1. The van der Waals surface area contributed by atoms with Gasteiger partial charge in [0.25, 0.3) is 5.78 Å². The highest BCUT2D eigenvalue weighted by molar-refractivity contribution is 7.89. The van der Waals surface area contributed by atoms with E-state index in [4.69, 9.17) is 5.73 Å². The van der Waals surface area contributed by atoms with Crippen molar-refractivity contribution in [2.75, 3.05) is 18.8 Å². The maximum absolute atomic E-state index is 12.7. The summed E-state index contributed by atoms with van der Waals surface area (Å²) >= 11 is 1.44. The number of aromatic nitrogens is 5. The summed E-state index contributed by atoms with van der Waals surface area (Å²) in [5, 5.41) is 10.3. The molecule has 0 radical (unpaired) electrons. The van der Waals surface area contributed by atoms with Gasteiger partial charge in [-0.05, 0) is 25.0 Å². The molecule has 1 aliphatic heterocycles. The van der Waals surface area contributed by atoms with Crippen LogP contribution < -0.4 is 5.73 Å². The number of nitrogens with zero attached hydrogens (tertiary/aromatic N) is 6. The first-order valence-electron chi connectivity index (χ1n) is 9.05. The monoisotopic (exact) mass is 427 g/mol. The van der Waals surface area contributed by atoms with E-state index in [1.165, 1.54) is 17.7 Å². The van der Waals surface area contributed by atoms with Crippen molar-refractivity contribution in [2.45, 2.75) is 17.7 Å². The summed E-state index contributed by atoms with van der Waals surface area (Å²) in [7, 11) is -3.42. The van der Waals surface area contributed by atoms with Crippen molar-refractivity contribution in [1.82, 2.24) is 28.9 Å². The number of nitrogens with two attached hydrogens (primary N) is 1. The Morgan fingerprint density at radius 3 is 2.62 bits per heavy atom. The van der Waals surface area contributed by atoms with Crippen molar-refractivity contribution in [3.8, 4) is 21.8 Å². The molecule has 148 valence electrons. The minimum atomic E-state index is -3.42. The van der Waals surface area contributed by atoms with Gasteiger partial charge in [0.1, 0.15) is 17.2 Å². The number of hydrogen-bond donors (Lipinski definition) is 1. The third kappa shape index (κ3) is 3.07. The molecular weight excluding hydrogens is 410 g/mol. The second-order valence-electron chi connectivity index (χ2n) is 6.73. The largest absolute Gasteiger partial charge is 0.384 e. The molecule has 1 aliphatic rings. The van der Waals surface area contributed by atoms with Crippen LogP contribution in [0.1, 0.15) is 12.8 Å². The summed E-state index contributed by atoms with van der Waals surface area (Å²) in [4.78, 5) is 9.21. The number of benzene rings is 1. The molecule has 1 aromatic carbocycles. The van der Waals surface area contributed by atoms with E-state index in [1.54, 1.807) is 39.2 Å². The van der Waals surface area contributed by atoms with Gasteiger partial charge >= 0.3 is 0 Å². The first-order valence-corrected chi connectivity index (χ1v) is 11.4. The van der Waals surface area contributed by atoms with E-state index >= 15 is 0 Å². The number of anilines is 1. The Morgan fingerprint density at radius 1 is 1.10 bits per heavy atom. The molecule has 0 bridgehead atoms. The van der Waals surface area contributed by atoms with Crippen LogP contribution >= 0.6 is 11.3 Å². The van der Waals surface area contributed by atoms with E-state index in [-0.39, 0.29) is 0 Å². The van der Waals surface area contributed by atoms with Crippen LogP contribution in [0.3, 0.4) is 0 Å². The molecule has 11 heteroatoms. The highest BCUT2D eigenvalue weighted by Gasteiger charge is 2.27. The maximum atomic E-state index is 12.7. The number of rotatable bonds is 4. The molecule has 0 unspecified atom stereocenters. The molecule has 3 aromatic heterocycles. The highest BCUT2D eigenvalue weighted by Crippen LogP contribution is 2.32. The van der Waals surface area contributed by atoms with Crippen LogP contribution in [0.25, 0.3) is 27.6 Å². The van der Waals surface area contributed by atoms with Crippen molar-refractivity contribution in [1.29, 1.82) is 0 Å². The predicted octanol–water partition coefficient (Wildman–Crippen LogP) is 2.28. The van der Waals surface area contributed by atoms with Gasteiger partial charge in [-0.3, -0.25) is 4.40 Å². The van der Waals surface area contributed by atoms with Gasteiger partial charge in [0.2, 0.25) is 10.0 Å². The van der Waals surface area contributed by atoms with Gasteiger partial charge in [0.15, 0.2) is 0 Å². The molecule has 1 fully saturated rings. The van der Waals surface area contributed by atoms with E-state index in [0.717, 1.165) is 29.1 Å². The van der Waals surface area contributed by atoms with Crippen molar-refractivity contribution in [2.24, 2.45) is 0 Å². The van der Waals surface area contributed by atoms with Crippen LogP contribution in [0.2, 0.25) is 0 Å². The minimum Gasteiger partial charge on any atom is -0.384 e. The standard InChI is InChI=1S/C18H17N7O2S2/c19-16-14(9-20-18-23-21-11-25(16)18)17-22-15(10-28-17)12-3-5-13(6-4-12)29(26,27)24-7-1-2-8-24/h3-6,9-11H,1-2,7-8,19H2. The summed E-state index contributed by atoms with van der Waals surface area (Å²) in [5.74, 6) is 0.894. The molecule has 4 heterocycles. The first kappa shape index (κ1) is 18.2. The molecule has 0 aliphatic carbocycles. The summed E-state index contributed by atoms with van der Waals surface area (Å²) in [6.45, 7) is 1.18. The van der Waals surface area contributed by atoms with Crippen molar-refractivity contribution in [3.63, 3.8) is 0 Å². The summed E-state index contributed by atoms with van der Waals surface area (Å²) in [5.41, 5.74) is 8.49. The zero-order valence-corrected chi connectivity index (χ0v) is 16.9. The van der Waals surface area contributed by atoms with Gasteiger partial charge in [-0.1, -0.05) is 12.1 Å². The van der Waals surface area contributed by atoms with Crippen LogP contribution in [0.15, 0.2) is 47.1 Å². The molecule has 5 rings (SSSR count). The Balaban J connectivity index is 1.45. The Labute approximate surface area is 170 Å². The highest BCUT2D eigenvalue weighted by atomic mass is 32.2. The lowest BCUT2D eigenvalue weighted by molar-refractivity contribution is 0.477. The average Bonchev–Trinajstić information content (AvgIpc) is 3.49. The first-order chi connectivity index (χ1) is 14.0. The normalized spacial score (nSPS) is 15.3. The molecule has 4 aromatic rings. The predicted molar refractivity (Wildman–Crippen MR) is 110 cm³/mol. The molecule has 2 N–H and O–H groups in total. The molecule has 9 nitrogen and oxygen atoms in total. The molecular formula is C18H17N7O2S2. The smallest absolute Gasteiger partial charge is 0.256 e. The number of sulfonamides is 1. The van der Waals surface area contributed by atoms with E-state index in [1.807, 2.05) is 5.38 Å². The Hall–Kier alpha value is -2.89. The molecule has 0 saturated carbocycles. The topological polar surface area (TPSA) is 119 Å². The minimum absolute atomic E-state index is 0.310. The van der Waals surface area contributed by atoms with E-state index in [0.29, 0.717) is 35.1 Å². The third-order valence-corrected chi connectivity index (χ3v) is 7.75. The van der Waals surface area contributed by atoms with Gasteiger partial charge in [-0.15, -0.1) is 21.5 Å². The van der Waals surface area contributed by atoms with Gasteiger partial charge in [-0.25, -0.2) is 18.4 Å². The summed E-state index contributed by atoms with van der Waals surface area (Å²) in [6.07, 6.45) is 4.97. The zero-order chi connectivity index (χ0) is 20.0. The lowest BCUT2D eigenvalue weighted by Crippen LogP contribution is -2.27. The van der Waals surface area contributed by atoms with Crippen LogP contribution in [0.5, 0.6) is 0 Å². The average molecular weight is 428 g/mol.